The number of ether oxygens (including phenoxy) is 1. The standard InChI is InChI=1S/C18H19N3O3S/c1-4-14-9-15-17(25-14)19-10-21(18(15)23)20-16(22)12(3)24-13-7-5-6-11(2)8-13/h5-10,12H,4H2,1-3H3,(H,20,22)/t12-/m1/s1. The van der Waals surface area contributed by atoms with Crippen molar-refractivity contribution in [3.63, 3.8) is 0 Å². The van der Waals surface area contributed by atoms with Gasteiger partial charge in [0.15, 0.2) is 6.10 Å². The Morgan fingerprint density at radius 3 is 2.92 bits per heavy atom. The van der Waals surface area contributed by atoms with E-state index in [4.69, 9.17) is 4.74 Å². The summed E-state index contributed by atoms with van der Waals surface area (Å²) in [6.45, 7) is 5.60. The van der Waals surface area contributed by atoms with Crippen LogP contribution in [-0.4, -0.2) is 21.7 Å². The minimum Gasteiger partial charge on any atom is -0.481 e. The first kappa shape index (κ1) is 17.2. The number of hydrogen-bond acceptors (Lipinski definition) is 5. The van der Waals surface area contributed by atoms with E-state index in [0.29, 0.717) is 16.0 Å². The molecular formula is C18H19N3O3S. The van der Waals surface area contributed by atoms with Gasteiger partial charge in [-0.2, -0.15) is 0 Å². The van der Waals surface area contributed by atoms with Crippen LogP contribution in [0.2, 0.25) is 0 Å². The van der Waals surface area contributed by atoms with Gasteiger partial charge in [0.25, 0.3) is 11.5 Å². The van der Waals surface area contributed by atoms with Crippen LogP contribution >= 0.6 is 11.3 Å². The lowest BCUT2D eigenvalue weighted by molar-refractivity contribution is -0.123. The first-order valence-electron chi connectivity index (χ1n) is 8.02. The number of thiophene rings is 1. The van der Waals surface area contributed by atoms with E-state index in [1.54, 1.807) is 13.0 Å². The fourth-order valence-electron chi connectivity index (χ4n) is 2.38. The molecule has 0 unspecified atom stereocenters. The predicted octanol–water partition coefficient (Wildman–Crippen LogP) is 2.87. The Hall–Kier alpha value is -2.67. The quantitative estimate of drug-likeness (QED) is 0.762. The smallest absolute Gasteiger partial charge is 0.280 e. The molecule has 6 nitrogen and oxygen atoms in total. The summed E-state index contributed by atoms with van der Waals surface area (Å²) in [5.41, 5.74) is 3.29. The summed E-state index contributed by atoms with van der Waals surface area (Å²) in [7, 11) is 0. The summed E-state index contributed by atoms with van der Waals surface area (Å²) in [6, 6.07) is 9.27. The second kappa shape index (κ2) is 7.06. The van der Waals surface area contributed by atoms with Crippen molar-refractivity contribution in [3.05, 3.63) is 57.5 Å². The number of amides is 1. The van der Waals surface area contributed by atoms with Gasteiger partial charge in [-0.05, 0) is 44.0 Å². The van der Waals surface area contributed by atoms with Crippen LogP contribution in [0, 0.1) is 6.92 Å². The number of benzene rings is 1. The van der Waals surface area contributed by atoms with E-state index in [1.807, 2.05) is 38.1 Å². The number of aryl methyl sites for hydroxylation is 2. The summed E-state index contributed by atoms with van der Waals surface area (Å²) in [5.74, 6) is 0.185. The van der Waals surface area contributed by atoms with Gasteiger partial charge in [0.1, 0.15) is 16.9 Å². The summed E-state index contributed by atoms with van der Waals surface area (Å²) in [5, 5.41) is 0.511. The van der Waals surface area contributed by atoms with Gasteiger partial charge in [0, 0.05) is 4.88 Å². The molecule has 3 rings (SSSR count). The zero-order valence-electron chi connectivity index (χ0n) is 14.3. The van der Waals surface area contributed by atoms with Crippen LogP contribution in [0.15, 0.2) is 41.5 Å². The van der Waals surface area contributed by atoms with Gasteiger partial charge in [-0.3, -0.25) is 15.0 Å². The zero-order valence-corrected chi connectivity index (χ0v) is 15.1. The number of hydrogen-bond donors (Lipinski definition) is 1. The highest BCUT2D eigenvalue weighted by molar-refractivity contribution is 7.18. The van der Waals surface area contributed by atoms with Crippen molar-refractivity contribution in [2.45, 2.75) is 33.3 Å². The third-order valence-electron chi connectivity index (χ3n) is 3.75. The topological polar surface area (TPSA) is 73.2 Å². The van der Waals surface area contributed by atoms with Crippen molar-refractivity contribution in [2.75, 3.05) is 5.43 Å². The van der Waals surface area contributed by atoms with Crippen LogP contribution in [0.5, 0.6) is 5.75 Å². The van der Waals surface area contributed by atoms with E-state index in [2.05, 4.69) is 10.4 Å². The van der Waals surface area contributed by atoms with Gasteiger partial charge in [0.05, 0.1) is 5.39 Å². The van der Waals surface area contributed by atoms with Crippen molar-refractivity contribution in [1.29, 1.82) is 0 Å². The molecule has 0 aliphatic rings. The molecule has 7 heteroatoms. The minimum atomic E-state index is -0.752. The molecule has 0 aliphatic heterocycles. The Morgan fingerprint density at radius 1 is 1.40 bits per heavy atom. The van der Waals surface area contributed by atoms with Crippen LogP contribution in [0.25, 0.3) is 10.2 Å². The maximum absolute atomic E-state index is 12.5. The Kier molecular flexibility index (Phi) is 4.85. The largest absolute Gasteiger partial charge is 0.481 e. The molecule has 0 radical (unpaired) electrons. The lowest BCUT2D eigenvalue weighted by Gasteiger charge is -2.15. The van der Waals surface area contributed by atoms with Gasteiger partial charge < -0.3 is 4.74 Å². The molecule has 1 N–H and O–H groups in total. The van der Waals surface area contributed by atoms with Gasteiger partial charge in [-0.15, -0.1) is 11.3 Å². The molecule has 0 aliphatic carbocycles. The molecule has 0 spiro atoms. The molecule has 2 aromatic heterocycles. The maximum Gasteiger partial charge on any atom is 0.280 e. The molecule has 1 amide bonds. The van der Waals surface area contributed by atoms with Crippen molar-refractivity contribution < 1.29 is 9.53 Å². The predicted molar refractivity (Wildman–Crippen MR) is 98.9 cm³/mol. The summed E-state index contributed by atoms with van der Waals surface area (Å²) < 4.78 is 6.74. The number of nitrogens with zero attached hydrogens (tertiary/aromatic N) is 2. The van der Waals surface area contributed by atoms with Crippen LogP contribution in [-0.2, 0) is 11.2 Å². The molecule has 0 bridgehead atoms. The molecule has 0 fully saturated rings. The second-order valence-electron chi connectivity index (χ2n) is 5.76. The van der Waals surface area contributed by atoms with E-state index in [0.717, 1.165) is 21.5 Å². The molecule has 130 valence electrons. The van der Waals surface area contributed by atoms with E-state index in [9.17, 15) is 9.59 Å². The zero-order chi connectivity index (χ0) is 18.0. The Bertz CT molecular complexity index is 977. The van der Waals surface area contributed by atoms with E-state index < -0.39 is 12.0 Å². The minimum absolute atomic E-state index is 0.294. The number of aromatic nitrogens is 2. The van der Waals surface area contributed by atoms with Gasteiger partial charge in [-0.25, -0.2) is 9.66 Å². The number of nitrogens with one attached hydrogen (secondary N) is 1. The van der Waals surface area contributed by atoms with Crippen molar-refractivity contribution in [3.8, 4) is 5.75 Å². The molecule has 1 aromatic carbocycles. The van der Waals surface area contributed by atoms with Crippen molar-refractivity contribution in [1.82, 2.24) is 9.66 Å². The normalized spacial score (nSPS) is 12.1. The molecule has 25 heavy (non-hydrogen) atoms. The number of rotatable bonds is 5. The summed E-state index contributed by atoms with van der Waals surface area (Å²) >= 11 is 1.49. The summed E-state index contributed by atoms with van der Waals surface area (Å²) in [6.07, 6.45) is 1.42. The number of carbonyl (C=O) groups is 1. The lowest BCUT2D eigenvalue weighted by Crippen LogP contribution is -2.39. The average molecular weight is 357 g/mol. The average Bonchev–Trinajstić information content (AvgIpc) is 3.01. The monoisotopic (exact) mass is 357 g/mol. The first-order valence-corrected chi connectivity index (χ1v) is 8.84. The summed E-state index contributed by atoms with van der Waals surface area (Å²) in [4.78, 5) is 30.8. The fourth-order valence-corrected chi connectivity index (χ4v) is 3.31. The van der Waals surface area contributed by atoms with E-state index in [1.165, 1.54) is 17.7 Å². The van der Waals surface area contributed by atoms with E-state index >= 15 is 0 Å². The number of carbonyl (C=O) groups excluding carboxylic acids is 1. The van der Waals surface area contributed by atoms with Crippen LogP contribution < -0.4 is 15.7 Å². The molecular weight excluding hydrogens is 338 g/mol. The Balaban J connectivity index is 1.77. The van der Waals surface area contributed by atoms with Crippen LogP contribution in [0.1, 0.15) is 24.3 Å². The molecule has 3 aromatic rings. The SMILES string of the molecule is CCc1cc2c(=O)n(NC(=O)[C@@H](C)Oc3cccc(C)c3)cnc2s1. The number of fused-ring (bicyclic) bond motifs is 1. The fraction of sp³-hybridized carbons (Fsp3) is 0.278. The van der Waals surface area contributed by atoms with E-state index in [-0.39, 0.29) is 5.56 Å². The third-order valence-corrected chi connectivity index (χ3v) is 4.94. The molecule has 0 saturated heterocycles. The highest BCUT2D eigenvalue weighted by Crippen LogP contribution is 2.20. The van der Waals surface area contributed by atoms with Crippen LogP contribution in [0.4, 0.5) is 0 Å². The Morgan fingerprint density at radius 2 is 2.20 bits per heavy atom. The first-order chi connectivity index (χ1) is 12.0. The lowest BCUT2D eigenvalue weighted by atomic mass is 10.2. The maximum atomic E-state index is 12.5. The van der Waals surface area contributed by atoms with Crippen LogP contribution in [0.3, 0.4) is 0 Å². The van der Waals surface area contributed by atoms with Gasteiger partial charge >= 0.3 is 0 Å². The van der Waals surface area contributed by atoms with Gasteiger partial charge in [0.2, 0.25) is 0 Å². The highest BCUT2D eigenvalue weighted by atomic mass is 32.1. The van der Waals surface area contributed by atoms with Crippen molar-refractivity contribution in [2.24, 2.45) is 0 Å². The second-order valence-corrected chi connectivity index (χ2v) is 6.87. The molecule has 0 saturated carbocycles. The van der Waals surface area contributed by atoms with Crippen molar-refractivity contribution >= 4 is 27.5 Å². The Labute approximate surface area is 149 Å². The molecule has 2 heterocycles. The van der Waals surface area contributed by atoms with Gasteiger partial charge in [-0.1, -0.05) is 19.1 Å². The third kappa shape index (κ3) is 3.71. The highest BCUT2D eigenvalue weighted by Gasteiger charge is 2.17. The molecule has 1 atom stereocenters.